The smallest absolute Gasteiger partial charge is 0.252 e. The van der Waals surface area contributed by atoms with E-state index in [1.54, 1.807) is 12.3 Å². The van der Waals surface area contributed by atoms with Crippen molar-refractivity contribution in [1.82, 2.24) is 0 Å². The summed E-state index contributed by atoms with van der Waals surface area (Å²) in [5.74, 6) is 0.283. The minimum Gasteiger partial charge on any atom is -0.507 e. The predicted octanol–water partition coefficient (Wildman–Crippen LogP) is 2.60. The lowest BCUT2D eigenvalue weighted by atomic mass is 9.48. The number of benzene rings is 1. The van der Waals surface area contributed by atoms with Crippen molar-refractivity contribution in [3.8, 4) is 5.75 Å². The number of phenols is 1. The van der Waals surface area contributed by atoms with E-state index in [9.17, 15) is 15.0 Å². The van der Waals surface area contributed by atoms with Crippen LogP contribution in [-0.2, 0) is 18.4 Å². The Kier molecular flexibility index (Phi) is 3.93. The number of hydrogen-bond donors (Lipinski definition) is 3. The van der Waals surface area contributed by atoms with Crippen LogP contribution in [0, 0.1) is 0 Å². The Bertz CT molecular complexity index is 972. The molecule has 1 saturated carbocycles. The molecule has 0 spiro atoms. The molecule has 3 aliphatic rings. The van der Waals surface area contributed by atoms with Gasteiger partial charge in [0.1, 0.15) is 23.9 Å². The van der Waals surface area contributed by atoms with Gasteiger partial charge in [-0.2, -0.15) is 0 Å². The number of amides is 1. The normalized spacial score (nSPS) is 35.6. The number of primary amides is 1. The number of carbonyl (C=O) groups excluding carboxylic acids is 1. The molecule has 2 aliphatic carbocycles. The fourth-order valence-corrected chi connectivity index (χ4v) is 6.77. The summed E-state index contributed by atoms with van der Waals surface area (Å²) in [7, 11) is 2.21. The molecule has 2 aromatic rings. The van der Waals surface area contributed by atoms with E-state index < -0.39 is 16.9 Å². The third-order valence-corrected chi connectivity index (χ3v) is 8.11. The number of likely N-dealkylation sites (N-methyl/N-ethyl adjacent to an activating group) is 1. The maximum atomic E-state index is 12.3. The van der Waals surface area contributed by atoms with Gasteiger partial charge in [-0.1, -0.05) is 18.9 Å². The maximum Gasteiger partial charge on any atom is 0.252 e. The van der Waals surface area contributed by atoms with E-state index in [2.05, 4.69) is 7.05 Å². The van der Waals surface area contributed by atoms with Crippen LogP contribution in [0.25, 0.3) is 0 Å². The van der Waals surface area contributed by atoms with Gasteiger partial charge in [0.05, 0.1) is 25.4 Å². The number of nitrogens with two attached hydrogens (primary N) is 1. The van der Waals surface area contributed by atoms with E-state index >= 15 is 0 Å². The van der Waals surface area contributed by atoms with Crippen molar-refractivity contribution in [1.29, 1.82) is 0 Å². The Hall–Kier alpha value is -2.31. The highest BCUT2D eigenvalue weighted by Crippen LogP contribution is 2.61. The van der Waals surface area contributed by atoms with Gasteiger partial charge >= 0.3 is 0 Å². The molecule has 5 rings (SSSR count). The molecule has 1 aliphatic heterocycles. The molecule has 1 saturated heterocycles. The summed E-state index contributed by atoms with van der Waals surface area (Å²) in [5, 5.41) is 23.3. The van der Waals surface area contributed by atoms with Crippen LogP contribution in [0.2, 0.25) is 0 Å². The topological polar surface area (TPSA) is 96.7 Å². The van der Waals surface area contributed by atoms with Gasteiger partial charge in [-0.15, -0.1) is 0 Å². The minimum absolute atomic E-state index is 0.00739. The molecule has 6 heteroatoms. The second-order valence-electron chi connectivity index (χ2n) is 9.48. The fraction of sp³-hybridized carbons (Fsp3) is 0.522. The molecular weight excluding hydrogens is 368 g/mol. The first kappa shape index (κ1) is 18.7. The molecular formula is C23H29N2O4+. The highest BCUT2D eigenvalue weighted by Gasteiger charge is 2.68. The van der Waals surface area contributed by atoms with Crippen LogP contribution >= 0.6 is 0 Å². The molecule has 4 N–H and O–H groups in total. The second kappa shape index (κ2) is 6.09. The van der Waals surface area contributed by atoms with Crippen LogP contribution in [0.1, 0.15) is 59.3 Å². The average Bonchev–Trinajstić information content (AvgIpc) is 3.17. The van der Waals surface area contributed by atoms with Crippen LogP contribution in [0.5, 0.6) is 5.75 Å². The lowest BCUT2D eigenvalue weighted by molar-refractivity contribution is -0.962. The fourth-order valence-electron chi connectivity index (χ4n) is 6.77. The van der Waals surface area contributed by atoms with Gasteiger partial charge in [-0.05, 0) is 36.6 Å². The third kappa shape index (κ3) is 2.39. The minimum atomic E-state index is -0.925. The number of aliphatic hydroxyl groups is 1. The molecule has 2 heterocycles. The summed E-state index contributed by atoms with van der Waals surface area (Å²) in [6, 6.07) is 7.48. The van der Waals surface area contributed by atoms with Crippen molar-refractivity contribution in [2.75, 3.05) is 13.6 Å². The van der Waals surface area contributed by atoms with Crippen LogP contribution < -0.4 is 5.73 Å². The quantitative estimate of drug-likeness (QED) is 0.694. The lowest BCUT2D eigenvalue weighted by Crippen LogP contribution is -2.77. The van der Waals surface area contributed by atoms with Crippen LogP contribution in [0.15, 0.2) is 34.9 Å². The molecule has 29 heavy (non-hydrogen) atoms. The summed E-state index contributed by atoms with van der Waals surface area (Å²) in [5.41, 5.74) is 6.03. The average molecular weight is 397 g/mol. The number of aromatic hydroxyl groups is 1. The Labute approximate surface area is 170 Å². The number of nitrogens with zero attached hydrogens (tertiary/aromatic N) is 1. The van der Waals surface area contributed by atoms with Gasteiger partial charge in [0.2, 0.25) is 0 Å². The summed E-state index contributed by atoms with van der Waals surface area (Å²) in [6.45, 7) is 1.62. The first-order valence-electron chi connectivity index (χ1n) is 10.5. The molecule has 2 fully saturated rings. The van der Waals surface area contributed by atoms with E-state index in [0.29, 0.717) is 17.3 Å². The van der Waals surface area contributed by atoms with Crippen molar-refractivity contribution in [2.45, 2.75) is 62.1 Å². The van der Waals surface area contributed by atoms with Gasteiger partial charge in [0.25, 0.3) is 5.91 Å². The zero-order chi connectivity index (χ0) is 20.4. The van der Waals surface area contributed by atoms with Crippen LogP contribution in [-0.4, -0.2) is 45.8 Å². The standard InChI is InChI=1S/C23H28N2O4/c1-25(14-16-5-4-12-29-16)11-10-22-8-2-3-9-23(22,28)18(25)13-15-6-7-17(21(24)27)20(26)19(15)22/h4-7,12,18,28H,2-3,8-11,13-14H2,1H3,(H2-,24,26,27)/p+1. The molecule has 4 unspecified atom stereocenters. The van der Waals surface area contributed by atoms with E-state index in [-0.39, 0.29) is 17.4 Å². The molecule has 154 valence electrons. The van der Waals surface area contributed by atoms with Gasteiger partial charge in [-0.25, -0.2) is 0 Å². The van der Waals surface area contributed by atoms with Crippen molar-refractivity contribution in [2.24, 2.45) is 5.73 Å². The van der Waals surface area contributed by atoms with Crippen LogP contribution in [0.4, 0.5) is 0 Å². The van der Waals surface area contributed by atoms with E-state index in [4.69, 9.17) is 10.2 Å². The third-order valence-electron chi connectivity index (χ3n) is 8.11. The SMILES string of the molecule is C[N+]1(Cc2ccco2)CCC23CCCCC2(O)C1Cc1ccc(C(N)=O)c(O)c13. The number of furan rings is 1. The van der Waals surface area contributed by atoms with Crippen molar-refractivity contribution < 1.29 is 23.9 Å². The molecule has 2 bridgehead atoms. The number of carbonyl (C=O) groups is 1. The van der Waals surface area contributed by atoms with Crippen molar-refractivity contribution in [3.05, 3.63) is 53.0 Å². The number of hydrogen-bond acceptors (Lipinski definition) is 4. The molecule has 1 amide bonds. The van der Waals surface area contributed by atoms with E-state index in [0.717, 1.165) is 55.7 Å². The monoisotopic (exact) mass is 397 g/mol. The number of rotatable bonds is 3. The number of likely N-dealkylation sites (tertiary alicyclic amines) is 1. The van der Waals surface area contributed by atoms with E-state index in [1.807, 2.05) is 18.2 Å². The Morgan fingerprint density at radius 3 is 2.79 bits per heavy atom. The van der Waals surface area contributed by atoms with Gasteiger partial charge in [0, 0.05) is 23.8 Å². The van der Waals surface area contributed by atoms with Crippen molar-refractivity contribution >= 4 is 5.91 Å². The Morgan fingerprint density at radius 1 is 1.28 bits per heavy atom. The first-order valence-corrected chi connectivity index (χ1v) is 10.5. The highest BCUT2D eigenvalue weighted by molar-refractivity contribution is 5.96. The number of piperidine rings is 1. The predicted molar refractivity (Wildman–Crippen MR) is 107 cm³/mol. The van der Waals surface area contributed by atoms with Crippen molar-refractivity contribution in [3.63, 3.8) is 0 Å². The van der Waals surface area contributed by atoms with E-state index in [1.165, 1.54) is 0 Å². The zero-order valence-corrected chi connectivity index (χ0v) is 16.9. The Balaban J connectivity index is 1.69. The molecule has 1 aromatic carbocycles. The largest absolute Gasteiger partial charge is 0.507 e. The second-order valence-corrected chi connectivity index (χ2v) is 9.48. The molecule has 6 nitrogen and oxygen atoms in total. The summed E-state index contributed by atoms with van der Waals surface area (Å²) in [6.07, 6.45) is 6.65. The molecule has 0 radical (unpaired) electrons. The lowest BCUT2D eigenvalue weighted by Gasteiger charge is -2.65. The summed E-state index contributed by atoms with van der Waals surface area (Å²) < 4.78 is 6.36. The summed E-state index contributed by atoms with van der Waals surface area (Å²) in [4.78, 5) is 11.9. The Morgan fingerprint density at radius 2 is 2.07 bits per heavy atom. The highest BCUT2D eigenvalue weighted by atomic mass is 16.3. The first-order chi connectivity index (χ1) is 13.8. The van der Waals surface area contributed by atoms with Gasteiger partial charge in [-0.3, -0.25) is 4.79 Å². The van der Waals surface area contributed by atoms with Gasteiger partial charge < -0.3 is 24.8 Å². The summed E-state index contributed by atoms with van der Waals surface area (Å²) >= 11 is 0. The zero-order valence-electron chi connectivity index (χ0n) is 16.9. The number of quaternary nitrogens is 1. The maximum absolute atomic E-state index is 12.3. The van der Waals surface area contributed by atoms with Gasteiger partial charge in [0.15, 0.2) is 5.76 Å². The number of fused-ring (bicyclic) bond motifs is 1. The van der Waals surface area contributed by atoms with Crippen LogP contribution in [0.3, 0.4) is 0 Å². The molecule has 1 aromatic heterocycles. The molecule has 4 atom stereocenters.